The molecule has 228 valence electrons. The third-order valence-electron chi connectivity index (χ3n) is 9.30. The Hall–Kier alpha value is -2.59. The summed E-state index contributed by atoms with van der Waals surface area (Å²) in [5, 5.41) is 5.99. The quantitative estimate of drug-likeness (QED) is 0.272. The molecule has 9 nitrogen and oxygen atoms in total. The van der Waals surface area contributed by atoms with E-state index in [0.29, 0.717) is 25.7 Å². The summed E-state index contributed by atoms with van der Waals surface area (Å²) in [4.78, 5) is 41.0. The van der Waals surface area contributed by atoms with E-state index < -0.39 is 22.8 Å². The molecule has 1 aliphatic heterocycles. The lowest BCUT2D eigenvalue weighted by Gasteiger charge is -2.50. The van der Waals surface area contributed by atoms with Crippen LogP contribution >= 0.6 is 0 Å². The Kier molecular flexibility index (Phi) is 11.3. The first-order valence-electron chi connectivity index (χ1n) is 15.1. The highest BCUT2D eigenvalue weighted by atomic mass is 16.7. The molecule has 1 aromatic rings. The second kappa shape index (κ2) is 14.1. The molecule has 0 spiro atoms. The molecule has 41 heavy (non-hydrogen) atoms. The van der Waals surface area contributed by atoms with Gasteiger partial charge in [0, 0.05) is 33.0 Å². The lowest BCUT2D eigenvalue weighted by Crippen LogP contribution is -2.67. The molecule has 1 saturated heterocycles. The third-order valence-corrected chi connectivity index (χ3v) is 9.30. The number of carbonyl (C=O) groups is 3. The number of hydrogen-bond acceptors (Lipinski definition) is 6. The van der Waals surface area contributed by atoms with Gasteiger partial charge in [0.05, 0.1) is 11.2 Å². The number of carbonyl (C=O) groups excluding carboxylic acids is 3. The van der Waals surface area contributed by atoms with Gasteiger partial charge in [-0.15, -0.1) is 0 Å². The molecule has 2 unspecified atom stereocenters. The molecular formula is C31H50BN3O6. The maximum absolute atomic E-state index is 14.0. The van der Waals surface area contributed by atoms with Crippen molar-refractivity contribution in [2.45, 2.75) is 110 Å². The molecule has 3 amide bonds. The fourth-order valence-electron chi connectivity index (χ4n) is 5.99. The Morgan fingerprint density at radius 1 is 1.05 bits per heavy atom. The van der Waals surface area contributed by atoms with Crippen molar-refractivity contribution in [1.82, 2.24) is 15.5 Å². The molecule has 2 aliphatic rings. The van der Waals surface area contributed by atoms with Crippen molar-refractivity contribution in [2.75, 3.05) is 20.1 Å². The second-order valence-corrected chi connectivity index (χ2v) is 12.7. The van der Waals surface area contributed by atoms with Crippen LogP contribution in [0.1, 0.15) is 85.6 Å². The highest BCUT2D eigenvalue weighted by molar-refractivity contribution is 6.45. The van der Waals surface area contributed by atoms with Crippen molar-refractivity contribution in [3.05, 3.63) is 35.9 Å². The first-order chi connectivity index (χ1) is 19.3. The number of nitrogens with one attached hydrogen (secondary N) is 2. The van der Waals surface area contributed by atoms with Crippen LogP contribution in [-0.4, -0.2) is 66.8 Å². The minimum absolute atomic E-state index is 0.159. The van der Waals surface area contributed by atoms with Gasteiger partial charge in [-0.1, -0.05) is 50.1 Å². The molecule has 0 bridgehead atoms. The van der Waals surface area contributed by atoms with E-state index in [2.05, 4.69) is 17.6 Å². The van der Waals surface area contributed by atoms with Crippen LogP contribution in [-0.2, 0) is 30.2 Å². The number of amides is 3. The topological polar surface area (TPSA) is 106 Å². The van der Waals surface area contributed by atoms with Gasteiger partial charge >= 0.3 is 13.2 Å². The molecule has 1 aromatic carbocycles. The van der Waals surface area contributed by atoms with Crippen molar-refractivity contribution >= 4 is 25.0 Å². The molecule has 2 N–H and O–H groups in total. The summed E-state index contributed by atoms with van der Waals surface area (Å²) in [6.07, 6.45) is 4.85. The zero-order chi connectivity index (χ0) is 30.3. The predicted octanol–water partition coefficient (Wildman–Crippen LogP) is 4.94. The molecule has 3 rings (SSSR count). The Bertz CT molecular complexity index is 1020. The third kappa shape index (κ3) is 8.04. The van der Waals surface area contributed by atoms with Crippen molar-refractivity contribution in [3.63, 3.8) is 0 Å². The summed E-state index contributed by atoms with van der Waals surface area (Å²) in [7, 11) is 1.40. The molecular weight excluding hydrogens is 521 g/mol. The number of benzene rings is 1. The van der Waals surface area contributed by atoms with E-state index in [1.807, 2.05) is 58.0 Å². The van der Waals surface area contributed by atoms with Gasteiger partial charge in [0.2, 0.25) is 11.8 Å². The van der Waals surface area contributed by atoms with Crippen LogP contribution in [0.3, 0.4) is 0 Å². The SMILES string of the molecule is CCCCNC(=O)C1(N(C)C(C)=O)C[C@H](CCB2OC(C)(C)C(C)(C)O2)CCC1CNC(=O)OCc1ccccc1. The Balaban J connectivity index is 1.74. The fraction of sp³-hybridized carbons (Fsp3) is 0.710. The molecule has 1 heterocycles. The van der Waals surface area contributed by atoms with Gasteiger partial charge < -0.3 is 29.6 Å². The van der Waals surface area contributed by atoms with Gasteiger partial charge in [-0.25, -0.2) is 4.79 Å². The lowest BCUT2D eigenvalue weighted by atomic mass is 9.64. The smallest absolute Gasteiger partial charge is 0.445 e. The Morgan fingerprint density at radius 3 is 2.32 bits per heavy atom. The number of hydrogen-bond donors (Lipinski definition) is 2. The van der Waals surface area contributed by atoms with Crippen LogP contribution in [0.15, 0.2) is 30.3 Å². The first-order valence-corrected chi connectivity index (χ1v) is 15.1. The maximum atomic E-state index is 14.0. The monoisotopic (exact) mass is 571 g/mol. The molecule has 0 aromatic heterocycles. The average Bonchev–Trinajstić information content (AvgIpc) is 3.15. The molecule has 3 atom stereocenters. The summed E-state index contributed by atoms with van der Waals surface area (Å²) in [6.45, 7) is 12.7. The van der Waals surface area contributed by atoms with Crippen molar-refractivity contribution < 1.29 is 28.4 Å². The Labute approximate surface area is 246 Å². The summed E-state index contributed by atoms with van der Waals surface area (Å²) in [5.74, 6) is -0.420. The van der Waals surface area contributed by atoms with Crippen molar-refractivity contribution in [2.24, 2.45) is 11.8 Å². The summed E-state index contributed by atoms with van der Waals surface area (Å²) in [5.41, 5.74) is -0.987. The number of ether oxygens (including phenoxy) is 1. The molecule has 0 radical (unpaired) electrons. The second-order valence-electron chi connectivity index (χ2n) is 12.7. The average molecular weight is 572 g/mol. The van der Waals surface area contributed by atoms with E-state index in [1.54, 1.807) is 11.9 Å². The lowest BCUT2D eigenvalue weighted by molar-refractivity contribution is -0.153. The van der Waals surface area contributed by atoms with Gasteiger partial charge in [0.1, 0.15) is 12.1 Å². The number of unbranched alkanes of at least 4 members (excludes halogenated alkanes) is 1. The zero-order valence-electron chi connectivity index (χ0n) is 26.1. The first kappa shape index (κ1) is 32.9. The Morgan fingerprint density at radius 2 is 1.71 bits per heavy atom. The van der Waals surface area contributed by atoms with Crippen LogP contribution in [0.5, 0.6) is 0 Å². The van der Waals surface area contributed by atoms with Gasteiger partial charge in [-0.2, -0.15) is 0 Å². The van der Waals surface area contributed by atoms with E-state index >= 15 is 0 Å². The normalized spacial score (nSPS) is 24.9. The van der Waals surface area contributed by atoms with Crippen LogP contribution in [0.4, 0.5) is 4.79 Å². The number of nitrogens with zero attached hydrogens (tertiary/aromatic N) is 1. The van der Waals surface area contributed by atoms with E-state index in [9.17, 15) is 14.4 Å². The van der Waals surface area contributed by atoms with Gasteiger partial charge in [-0.3, -0.25) is 9.59 Å². The maximum Gasteiger partial charge on any atom is 0.457 e. The number of alkyl carbamates (subject to hydrolysis) is 1. The van der Waals surface area contributed by atoms with E-state index in [0.717, 1.165) is 31.2 Å². The minimum atomic E-state index is -1.09. The summed E-state index contributed by atoms with van der Waals surface area (Å²) >= 11 is 0. The number of rotatable bonds is 12. The van der Waals surface area contributed by atoms with Crippen LogP contribution < -0.4 is 10.6 Å². The standard InChI is InChI=1S/C31H50BN3O6/c1-8-9-19-33-27(37)31(35(7)23(2)36)20-24(17-18-32-40-29(3,4)30(5,6)41-32)15-16-26(31)21-34-28(38)39-22-25-13-11-10-12-14-25/h10-14,24,26H,8-9,15-22H2,1-7H3,(H,33,37)(H,34,38)/t24-,26?,31?/m0/s1. The molecule has 1 aliphatic carbocycles. The molecule has 10 heteroatoms. The highest BCUT2D eigenvalue weighted by Gasteiger charge is 2.54. The summed E-state index contributed by atoms with van der Waals surface area (Å²) < 4.78 is 17.9. The predicted molar refractivity (Wildman–Crippen MR) is 160 cm³/mol. The minimum Gasteiger partial charge on any atom is -0.445 e. The van der Waals surface area contributed by atoms with Gasteiger partial charge in [-0.05, 0) is 71.2 Å². The van der Waals surface area contributed by atoms with Gasteiger partial charge in [0.15, 0.2) is 0 Å². The summed E-state index contributed by atoms with van der Waals surface area (Å²) in [6, 6.07) is 9.49. The van der Waals surface area contributed by atoms with Crippen molar-refractivity contribution in [1.29, 1.82) is 0 Å². The van der Waals surface area contributed by atoms with Crippen LogP contribution in [0.2, 0.25) is 6.32 Å². The molecule has 2 fully saturated rings. The van der Waals surface area contributed by atoms with Crippen molar-refractivity contribution in [3.8, 4) is 0 Å². The van der Waals surface area contributed by atoms with E-state index in [4.69, 9.17) is 14.0 Å². The van der Waals surface area contributed by atoms with E-state index in [-0.39, 0.29) is 43.9 Å². The van der Waals surface area contributed by atoms with Crippen LogP contribution in [0.25, 0.3) is 0 Å². The van der Waals surface area contributed by atoms with E-state index in [1.165, 1.54) is 6.92 Å². The zero-order valence-corrected chi connectivity index (χ0v) is 26.1. The van der Waals surface area contributed by atoms with Crippen LogP contribution in [0, 0.1) is 11.8 Å². The largest absolute Gasteiger partial charge is 0.457 e. The number of likely N-dealkylation sites (N-methyl/N-ethyl adjacent to an activating group) is 1. The molecule has 1 saturated carbocycles. The fourth-order valence-corrected chi connectivity index (χ4v) is 5.99. The highest BCUT2D eigenvalue weighted by Crippen LogP contribution is 2.44. The van der Waals surface area contributed by atoms with Gasteiger partial charge in [0.25, 0.3) is 0 Å².